The van der Waals surface area contributed by atoms with E-state index in [4.69, 9.17) is 19.1 Å². The number of alkyl halides is 1. The van der Waals surface area contributed by atoms with Crippen LogP contribution in [0.3, 0.4) is 0 Å². The molecule has 6 atom stereocenters. The Kier molecular flexibility index (Phi) is 12.0. The van der Waals surface area contributed by atoms with E-state index in [2.05, 4.69) is 10.1 Å². The van der Waals surface area contributed by atoms with Crippen LogP contribution in [0.2, 0.25) is 0 Å². The largest absolute Gasteiger partial charge is 0.462 e. The highest BCUT2D eigenvalue weighted by Gasteiger charge is 2.57. The Bertz CT molecular complexity index is 1290. The number of halogens is 1. The van der Waals surface area contributed by atoms with Crippen molar-refractivity contribution in [1.82, 2.24) is 15.0 Å². The fourth-order valence-electron chi connectivity index (χ4n) is 3.96. The molecule has 4 rings (SSSR count). The fraction of sp³-hybridized carbons (Fsp3) is 0.429. The molecular weight excluding hydrogens is 604 g/mol. The second kappa shape index (κ2) is 15.0. The smallest absolute Gasteiger partial charge is 0.381 e. The normalized spacial score (nSPS) is 25.5. The molecule has 3 heterocycles. The summed E-state index contributed by atoms with van der Waals surface area (Å²) >= 11 is 0.954. The molecule has 1 saturated heterocycles. The van der Waals surface area contributed by atoms with Gasteiger partial charge in [-0.3, -0.25) is 19.3 Å². The highest BCUT2D eigenvalue weighted by molar-refractivity contribution is 8.56. The number of nitrogens with zero attached hydrogens (tertiary/aromatic N) is 2. The zero-order chi connectivity index (χ0) is 31.8. The number of carbonyl (C=O) groups excluding carboxylic acids is 3. The highest BCUT2D eigenvalue weighted by Crippen LogP contribution is 2.58. The molecule has 1 unspecified atom stereocenters. The van der Waals surface area contributed by atoms with Gasteiger partial charge >= 0.3 is 12.7 Å². The van der Waals surface area contributed by atoms with E-state index in [1.807, 2.05) is 6.07 Å². The second-order valence-corrected chi connectivity index (χ2v) is 14.1. The van der Waals surface area contributed by atoms with E-state index in [1.165, 1.54) is 0 Å². The minimum absolute atomic E-state index is 0.255. The average Bonchev–Trinajstić information content (AvgIpc) is 3.17. The third-order valence-corrected chi connectivity index (χ3v) is 9.71. The minimum atomic E-state index is -3.51. The summed E-state index contributed by atoms with van der Waals surface area (Å²) in [6.07, 6.45) is -0.688. The number of aromatic nitrogens is 1. The number of hydrogen-bond donors (Lipinski definition) is 3. The monoisotopic (exact) mass is 639 g/mol. The van der Waals surface area contributed by atoms with Gasteiger partial charge in [0.25, 0.3) is 0 Å². The Labute approximate surface area is 252 Å². The zero-order valence-corrected chi connectivity index (χ0v) is 25.7. The third kappa shape index (κ3) is 9.43. The minimum Gasteiger partial charge on any atom is -0.462 e. The molecule has 15 heteroatoms. The van der Waals surface area contributed by atoms with Crippen LogP contribution in [0.15, 0.2) is 72.0 Å². The van der Waals surface area contributed by atoms with Crippen LogP contribution in [0.5, 0.6) is 5.75 Å². The molecule has 1 fully saturated rings. The van der Waals surface area contributed by atoms with E-state index in [0.717, 1.165) is 35.5 Å². The van der Waals surface area contributed by atoms with E-state index < -0.39 is 55.4 Å². The molecule has 3 N–H and O–H groups in total. The lowest BCUT2D eigenvalue weighted by atomic mass is 9.97. The predicted octanol–water partition coefficient (Wildman–Crippen LogP) is 3.40. The van der Waals surface area contributed by atoms with Crippen LogP contribution in [0.25, 0.3) is 0 Å². The van der Waals surface area contributed by atoms with Crippen molar-refractivity contribution >= 4 is 35.8 Å². The molecule has 1 aromatic carbocycles. The Hall–Kier alpha value is -3.13. The Balaban J connectivity index is 0.000000248. The Morgan fingerprint density at radius 1 is 1.23 bits per heavy atom. The van der Waals surface area contributed by atoms with Crippen molar-refractivity contribution in [3.05, 3.63) is 67.0 Å². The molecule has 0 spiro atoms. The van der Waals surface area contributed by atoms with Gasteiger partial charge in [-0.05, 0) is 58.0 Å². The van der Waals surface area contributed by atoms with Crippen molar-refractivity contribution in [3.63, 3.8) is 0 Å². The van der Waals surface area contributed by atoms with Crippen LogP contribution in [-0.2, 0) is 28.4 Å². The quantitative estimate of drug-likeness (QED) is 0.198. The SMILES string of the molecule is CC(C)OC(=O)[C@H](C)NP(=O)(Oc1ccccc1)Sc1ccccn1.C[C@@]1(F)[C@H](O)[C@@H](CO)O[C@H]1N1C=CC(=O)CC1=O. The van der Waals surface area contributed by atoms with Crippen molar-refractivity contribution < 1.29 is 47.5 Å². The molecule has 43 heavy (non-hydrogen) atoms. The number of amides is 1. The number of aliphatic hydroxyl groups excluding tert-OH is 2. The van der Waals surface area contributed by atoms with Gasteiger partial charge in [0.2, 0.25) is 5.91 Å². The van der Waals surface area contributed by atoms with Gasteiger partial charge in [0.1, 0.15) is 29.0 Å². The number of aliphatic hydroxyl groups is 2. The molecule has 2 aliphatic rings. The molecule has 0 bridgehead atoms. The lowest BCUT2D eigenvalue weighted by Gasteiger charge is -2.32. The summed E-state index contributed by atoms with van der Waals surface area (Å²) in [5, 5.41) is 21.9. The van der Waals surface area contributed by atoms with E-state index in [9.17, 15) is 28.4 Å². The number of esters is 1. The highest BCUT2D eigenvalue weighted by atomic mass is 32.7. The number of para-hydroxylation sites is 1. The predicted molar refractivity (Wildman–Crippen MR) is 155 cm³/mol. The standard InChI is InChI=1S/C17H21N2O4PS.C11H14FNO5/c1-13(2)22-17(20)14(3)19-24(21,23-15-9-5-4-6-10-15)25-16-11-7-8-12-18-16;1-11(12)9(17)7(5-14)18-10(11)13-3-2-6(15)4-8(13)16/h4-14H,1-3H3,(H,19,21);2-3,7,9-10,14,17H,4-5H2,1H3/t14-,24?;7-,9-,10-,11-/m01/s1. The van der Waals surface area contributed by atoms with Gasteiger partial charge in [-0.2, -0.15) is 0 Å². The summed E-state index contributed by atoms with van der Waals surface area (Å²) in [7, 11) is 0. The van der Waals surface area contributed by atoms with Gasteiger partial charge in [0, 0.05) is 23.8 Å². The van der Waals surface area contributed by atoms with Crippen LogP contribution in [0, 0.1) is 0 Å². The molecule has 2 aromatic rings. The number of ketones is 1. The number of hydrogen-bond acceptors (Lipinski definition) is 11. The van der Waals surface area contributed by atoms with Crippen LogP contribution < -0.4 is 9.61 Å². The molecule has 0 saturated carbocycles. The van der Waals surface area contributed by atoms with Crippen molar-refractivity contribution in [1.29, 1.82) is 0 Å². The lowest BCUT2D eigenvalue weighted by molar-refractivity contribution is -0.151. The van der Waals surface area contributed by atoms with Crippen LogP contribution in [0.4, 0.5) is 4.39 Å². The van der Waals surface area contributed by atoms with Gasteiger partial charge < -0.3 is 24.2 Å². The second-order valence-electron chi connectivity index (χ2n) is 10.1. The summed E-state index contributed by atoms with van der Waals surface area (Å²) in [6, 6.07) is 13.3. The number of pyridine rings is 1. The maximum atomic E-state index is 14.4. The van der Waals surface area contributed by atoms with E-state index in [0.29, 0.717) is 10.8 Å². The number of allylic oxidation sites excluding steroid dienone is 1. The molecule has 0 aliphatic carbocycles. The van der Waals surface area contributed by atoms with Crippen molar-refractivity contribution in [2.75, 3.05) is 6.61 Å². The van der Waals surface area contributed by atoms with Gasteiger partial charge in [-0.1, -0.05) is 24.3 Å². The van der Waals surface area contributed by atoms with Crippen LogP contribution in [0.1, 0.15) is 34.1 Å². The Morgan fingerprint density at radius 3 is 2.47 bits per heavy atom. The molecule has 12 nitrogen and oxygen atoms in total. The zero-order valence-electron chi connectivity index (χ0n) is 24.0. The van der Waals surface area contributed by atoms with Gasteiger partial charge in [0.05, 0.1) is 19.1 Å². The molecular formula is C28H35FN3O9PS. The summed E-state index contributed by atoms with van der Waals surface area (Å²) in [5.74, 6) is -1.02. The maximum absolute atomic E-state index is 14.4. The summed E-state index contributed by atoms with van der Waals surface area (Å²) in [6.45, 7) is 2.13. The van der Waals surface area contributed by atoms with Gasteiger partial charge in [-0.25, -0.2) is 19.0 Å². The molecule has 1 amide bonds. The molecule has 0 radical (unpaired) electrons. The van der Waals surface area contributed by atoms with Gasteiger partial charge in [-0.15, -0.1) is 0 Å². The van der Waals surface area contributed by atoms with Gasteiger partial charge in [0.15, 0.2) is 17.7 Å². The number of ether oxygens (including phenoxy) is 2. The van der Waals surface area contributed by atoms with Crippen molar-refractivity contribution in [3.8, 4) is 5.75 Å². The van der Waals surface area contributed by atoms with Crippen molar-refractivity contribution in [2.24, 2.45) is 0 Å². The first-order valence-corrected chi connectivity index (χ1v) is 16.4. The maximum Gasteiger partial charge on any atom is 0.381 e. The molecule has 2 aliphatic heterocycles. The van der Waals surface area contributed by atoms with E-state index >= 15 is 0 Å². The van der Waals surface area contributed by atoms with E-state index in [1.54, 1.807) is 69.4 Å². The molecule has 234 valence electrons. The summed E-state index contributed by atoms with van der Waals surface area (Å²) in [4.78, 5) is 39.8. The first-order valence-electron chi connectivity index (χ1n) is 13.3. The lowest BCUT2D eigenvalue weighted by Crippen LogP contribution is -2.51. The molecule has 1 aromatic heterocycles. The Morgan fingerprint density at radius 2 is 1.91 bits per heavy atom. The fourth-order valence-corrected chi connectivity index (χ4v) is 7.64. The van der Waals surface area contributed by atoms with Crippen LogP contribution in [-0.4, -0.2) is 80.6 Å². The number of nitrogens with one attached hydrogen (secondary N) is 1. The number of benzene rings is 1. The average molecular weight is 640 g/mol. The summed E-state index contributed by atoms with van der Waals surface area (Å²) in [5.41, 5.74) is -2.21. The van der Waals surface area contributed by atoms with Crippen LogP contribution >= 0.6 is 18.1 Å². The van der Waals surface area contributed by atoms with Crippen molar-refractivity contribution in [2.45, 2.75) is 75.4 Å². The van der Waals surface area contributed by atoms with E-state index in [-0.39, 0.29) is 18.3 Å². The summed E-state index contributed by atoms with van der Waals surface area (Å²) < 4.78 is 43.7. The number of carbonyl (C=O) groups is 3. The third-order valence-electron chi connectivity index (χ3n) is 6.06. The topological polar surface area (TPSA) is 165 Å². The number of rotatable bonds is 10. The first kappa shape index (κ1) is 34.4. The first-order chi connectivity index (χ1) is 20.3.